The van der Waals surface area contributed by atoms with Crippen LogP contribution in [0.1, 0.15) is 52.8 Å². The highest BCUT2D eigenvalue weighted by Crippen LogP contribution is 2.57. The maximum Gasteiger partial charge on any atom is 0.0714 e. The Morgan fingerprint density at radius 2 is 0.937 bits per heavy atom. The summed E-state index contributed by atoms with van der Waals surface area (Å²) < 4.78 is 0. The fourth-order valence-corrected chi connectivity index (χ4v) is 11.4. The summed E-state index contributed by atoms with van der Waals surface area (Å²) in [6.07, 6.45) is 14.2. The molecule has 0 aliphatic heterocycles. The molecule has 0 fully saturated rings. The first-order valence-corrected chi connectivity index (χ1v) is 22.4. The summed E-state index contributed by atoms with van der Waals surface area (Å²) >= 11 is 0. The average molecular weight is 806 g/mol. The van der Waals surface area contributed by atoms with E-state index < -0.39 is 5.41 Å². The van der Waals surface area contributed by atoms with Crippen LogP contribution in [0.5, 0.6) is 0 Å². The van der Waals surface area contributed by atoms with Gasteiger partial charge in [-0.3, -0.25) is 0 Å². The van der Waals surface area contributed by atoms with E-state index in [2.05, 4.69) is 255 Å². The standard InChI is InChI=1S/C62H47N/c1-61(2)55-32-15-11-29-50(55)53-37-36-45(39-58(53)61)54-38-43-22-9-10-23-44(43)40-60(54)63(59-35-18-14-28-49(59)42-20-5-3-6-21-42)48-27-19-26-47(41-48)62(46-24-7-4-8-25-46)56-33-16-12-30-51(56)52-31-13-17-34-57(52)62/h3-41,43-44H,1-2H3. The quantitative estimate of drug-likeness (QED) is 0.155. The molecule has 0 amide bonds. The first-order valence-electron chi connectivity index (χ1n) is 22.4. The third-order valence-corrected chi connectivity index (χ3v) is 14.3. The van der Waals surface area contributed by atoms with Crippen LogP contribution in [0.2, 0.25) is 0 Å². The molecule has 8 aromatic rings. The highest BCUT2D eigenvalue weighted by atomic mass is 15.2. The van der Waals surface area contributed by atoms with Crippen LogP contribution in [-0.2, 0) is 10.8 Å². The van der Waals surface area contributed by atoms with Crippen LogP contribution in [0.4, 0.5) is 11.4 Å². The molecule has 12 rings (SSSR count). The van der Waals surface area contributed by atoms with Crippen LogP contribution >= 0.6 is 0 Å². The molecule has 4 aliphatic carbocycles. The summed E-state index contributed by atoms with van der Waals surface area (Å²) in [6.45, 7) is 4.77. The van der Waals surface area contributed by atoms with Crippen molar-refractivity contribution in [3.8, 4) is 33.4 Å². The number of nitrogens with zero attached hydrogens (tertiary/aromatic N) is 1. The van der Waals surface area contributed by atoms with E-state index in [0.717, 1.165) is 11.4 Å². The van der Waals surface area contributed by atoms with Crippen LogP contribution in [0.3, 0.4) is 0 Å². The Morgan fingerprint density at radius 3 is 1.63 bits per heavy atom. The third-order valence-electron chi connectivity index (χ3n) is 14.3. The molecular formula is C62H47N. The maximum absolute atomic E-state index is 2.57. The summed E-state index contributed by atoms with van der Waals surface area (Å²) in [5, 5.41) is 0. The van der Waals surface area contributed by atoms with E-state index in [1.807, 2.05) is 0 Å². The van der Waals surface area contributed by atoms with E-state index >= 15 is 0 Å². The van der Waals surface area contributed by atoms with E-state index in [1.54, 1.807) is 0 Å². The molecule has 1 heteroatoms. The van der Waals surface area contributed by atoms with Crippen molar-refractivity contribution in [3.05, 3.63) is 281 Å². The smallest absolute Gasteiger partial charge is 0.0714 e. The van der Waals surface area contributed by atoms with Gasteiger partial charge >= 0.3 is 0 Å². The minimum absolute atomic E-state index is 0.120. The van der Waals surface area contributed by atoms with E-state index in [-0.39, 0.29) is 17.3 Å². The zero-order valence-corrected chi connectivity index (χ0v) is 35.6. The number of anilines is 2. The molecule has 8 aromatic carbocycles. The third kappa shape index (κ3) is 5.69. The largest absolute Gasteiger partial charge is 0.310 e. The SMILES string of the molecule is CC1(C)c2ccccc2-c2ccc(C3=CC4C=CC=CC4C=C3N(c3cccc(C4(c5ccccc5)c5ccccc5-c5ccccc54)c3)c3ccccc3-c3ccccc3)cc21. The van der Waals surface area contributed by atoms with Gasteiger partial charge in [0.05, 0.1) is 16.8 Å². The lowest BCUT2D eigenvalue weighted by molar-refractivity contribution is 0.654. The van der Waals surface area contributed by atoms with Crippen molar-refractivity contribution < 1.29 is 0 Å². The minimum Gasteiger partial charge on any atom is -0.310 e. The van der Waals surface area contributed by atoms with E-state index in [9.17, 15) is 0 Å². The van der Waals surface area contributed by atoms with Crippen LogP contribution in [0, 0.1) is 11.8 Å². The lowest BCUT2D eigenvalue weighted by Crippen LogP contribution is -2.29. The monoisotopic (exact) mass is 805 g/mol. The van der Waals surface area contributed by atoms with Gasteiger partial charge in [-0.1, -0.05) is 226 Å². The second-order valence-corrected chi connectivity index (χ2v) is 18.0. The molecule has 2 unspecified atom stereocenters. The molecule has 0 spiro atoms. The molecule has 4 aliphatic rings. The molecular weight excluding hydrogens is 759 g/mol. The van der Waals surface area contributed by atoms with E-state index in [4.69, 9.17) is 0 Å². The summed E-state index contributed by atoms with van der Waals surface area (Å²) in [5.41, 5.74) is 20.8. The molecule has 0 radical (unpaired) electrons. The second-order valence-electron chi connectivity index (χ2n) is 18.0. The zero-order valence-electron chi connectivity index (χ0n) is 35.6. The molecule has 0 saturated carbocycles. The van der Waals surface area contributed by atoms with Crippen molar-refractivity contribution in [2.24, 2.45) is 11.8 Å². The Hall–Kier alpha value is -7.48. The van der Waals surface area contributed by atoms with Gasteiger partial charge in [-0.15, -0.1) is 0 Å². The van der Waals surface area contributed by atoms with Crippen LogP contribution in [0.15, 0.2) is 242 Å². The molecule has 0 N–H and O–H groups in total. The van der Waals surface area contributed by atoms with Gasteiger partial charge in [0.25, 0.3) is 0 Å². The van der Waals surface area contributed by atoms with Gasteiger partial charge in [0.2, 0.25) is 0 Å². The highest BCUT2D eigenvalue weighted by molar-refractivity contribution is 5.95. The molecule has 0 heterocycles. The van der Waals surface area contributed by atoms with Crippen molar-refractivity contribution in [3.63, 3.8) is 0 Å². The number of fused-ring (bicyclic) bond motifs is 7. The van der Waals surface area contributed by atoms with Crippen LogP contribution in [-0.4, -0.2) is 0 Å². The second kappa shape index (κ2) is 14.6. The van der Waals surface area contributed by atoms with Gasteiger partial charge < -0.3 is 4.90 Å². The summed E-state index contributed by atoms with van der Waals surface area (Å²) in [4.78, 5) is 2.57. The predicted octanol–water partition coefficient (Wildman–Crippen LogP) is 15.5. The van der Waals surface area contributed by atoms with Crippen molar-refractivity contribution in [1.82, 2.24) is 0 Å². The Balaban J connectivity index is 1.12. The first kappa shape index (κ1) is 37.3. The molecule has 2 atom stereocenters. The summed E-state index contributed by atoms with van der Waals surface area (Å²) in [7, 11) is 0. The molecule has 300 valence electrons. The summed E-state index contributed by atoms with van der Waals surface area (Å²) in [6, 6.07) is 74.7. The number of para-hydroxylation sites is 1. The molecule has 63 heavy (non-hydrogen) atoms. The zero-order chi connectivity index (χ0) is 42.1. The predicted molar refractivity (Wildman–Crippen MR) is 263 cm³/mol. The molecule has 1 nitrogen and oxygen atoms in total. The normalized spacial score (nSPS) is 18.0. The number of benzene rings is 8. The number of rotatable bonds is 7. The van der Waals surface area contributed by atoms with Crippen molar-refractivity contribution in [1.29, 1.82) is 0 Å². The minimum atomic E-state index is -0.530. The molecule has 0 bridgehead atoms. The maximum atomic E-state index is 2.57. The summed E-state index contributed by atoms with van der Waals surface area (Å²) in [5.74, 6) is 0.459. The molecule has 0 saturated heterocycles. The van der Waals surface area contributed by atoms with Gasteiger partial charge in [0.15, 0.2) is 0 Å². The fraction of sp³-hybridized carbons (Fsp3) is 0.0968. The highest BCUT2D eigenvalue weighted by Gasteiger charge is 2.46. The number of hydrogen-bond acceptors (Lipinski definition) is 1. The van der Waals surface area contributed by atoms with Gasteiger partial charge in [-0.05, 0) is 91.0 Å². The Bertz CT molecular complexity index is 3170. The van der Waals surface area contributed by atoms with Crippen molar-refractivity contribution >= 4 is 16.9 Å². The average Bonchev–Trinajstić information content (AvgIpc) is 3.78. The Morgan fingerprint density at radius 1 is 0.397 bits per heavy atom. The van der Waals surface area contributed by atoms with Gasteiger partial charge in [0.1, 0.15) is 0 Å². The van der Waals surface area contributed by atoms with Gasteiger partial charge in [-0.2, -0.15) is 0 Å². The van der Waals surface area contributed by atoms with Gasteiger partial charge in [0, 0.05) is 34.1 Å². The van der Waals surface area contributed by atoms with Crippen LogP contribution in [0.25, 0.3) is 39.0 Å². The topological polar surface area (TPSA) is 3.24 Å². The lowest BCUT2D eigenvalue weighted by atomic mass is 9.67. The molecule has 0 aromatic heterocycles. The van der Waals surface area contributed by atoms with Crippen LogP contribution < -0.4 is 4.90 Å². The Labute approximate surface area is 371 Å². The number of allylic oxidation sites excluding steroid dienone is 7. The number of hydrogen-bond donors (Lipinski definition) is 0. The van der Waals surface area contributed by atoms with Crippen molar-refractivity contribution in [2.75, 3.05) is 4.90 Å². The fourth-order valence-electron chi connectivity index (χ4n) is 11.4. The van der Waals surface area contributed by atoms with Gasteiger partial charge in [-0.25, -0.2) is 0 Å². The first-order chi connectivity index (χ1) is 31.0. The lowest BCUT2D eigenvalue weighted by Gasteiger charge is -2.38. The van der Waals surface area contributed by atoms with Crippen molar-refractivity contribution in [2.45, 2.75) is 24.7 Å². The van der Waals surface area contributed by atoms with E-state index in [0.29, 0.717) is 0 Å². The Kier molecular flexibility index (Phi) is 8.63. The van der Waals surface area contributed by atoms with E-state index in [1.165, 1.54) is 83.6 Å².